The van der Waals surface area contributed by atoms with E-state index >= 15 is 0 Å². The number of hydrogen-bond donors (Lipinski definition) is 2. The highest BCUT2D eigenvalue weighted by atomic mass is 16.3. The van der Waals surface area contributed by atoms with E-state index in [0.717, 1.165) is 19.3 Å². The first-order valence-corrected chi connectivity index (χ1v) is 12.2. The van der Waals surface area contributed by atoms with Crippen molar-refractivity contribution in [2.24, 2.45) is 29.1 Å². The Morgan fingerprint density at radius 2 is 1.83 bits per heavy atom. The van der Waals surface area contributed by atoms with Gasteiger partial charge in [0, 0.05) is 5.92 Å². The van der Waals surface area contributed by atoms with Gasteiger partial charge in [-0.1, -0.05) is 62.8 Å². The number of aliphatic hydroxyl groups is 2. The molecule has 3 fully saturated rings. The van der Waals surface area contributed by atoms with Crippen molar-refractivity contribution in [1.82, 2.24) is 0 Å². The number of hydrogen-bond acceptors (Lipinski definition) is 2. The summed E-state index contributed by atoms with van der Waals surface area (Å²) in [7, 11) is 0. The van der Waals surface area contributed by atoms with Crippen LogP contribution in [0.2, 0.25) is 0 Å². The minimum absolute atomic E-state index is 0.164. The summed E-state index contributed by atoms with van der Waals surface area (Å²) in [6.45, 7) is 15.0. The maximum absolute atomic E-state index is 10.3. The molecule has 6 atom stereocenters. The summed E-state index contributed by atoms with van der Waals surface area (Å²) in [4.78, 5) is 0. The molecule has 0 aliphatic heterocycles. The molecule has 30 heavy (non-hydrogen) atoms. The van der Waals surface area contributed by atoms with Crippen LogP contribution < -0.4 is 0 Å². The second kappa shape index (κ2) is 9.17. The molecule has 2 nitrogen and oxygen atoms in total. The zero-order valence-corrected chi connectivity index (χ0v) is 20.0. The highest BCUT2D eigenvalue weighted by Gasteiger charge is 2.50. The quantitative estimate of drug-likeness (QED) is 0.490. The van der Waals surface area contributed by atoms with Crippen molar-refractivity contribution in [2.45, 2.75) is 97.7 Å². The van der Waals surface area contributed by atoms with Crippen LogP contribution in [-0.4, -0.2) is 21.9 Å². The molecule has 0 amide bonds. The van der Waals surface area contributed by atoms with Gasteiger partial charge in [0.05, 0.1) is 11.7 Å². The lowest BCUT2D eigenvalue weighted by atomic mass is 9.61. The smallest absolute Gasteiger partial charge is 0.0651 e. The van der Waals surface area contributed by atoms with Crippen molar-refractivity contribution >= 4 is 0 Å². The van der Waals surface area contributed by atoms with Crippen LogP contribution >= 0.6 is 0 Å². The topological polar surface area (TPSA) is 40.5 Å². The zero-order chi connectivity index (χ0) is 22.1. The standard InChI is InChI=1S/C28H44O2/c1-19-10-14-24(29)18-23(19)13-12-22-8-7-17-28(6)25(15-16-26(22)28)20(2)9-11-21(3)27(4,5)30/h9,11-13,20-21,24-26,29-30H,1,7-8,10,14-18H2,2-6H3/b11-9+,22-12+,23-13+/t20-,21+,24+,25?,26?,28-/m1/s1. The Hall–Kier alpha value is -1.12. The van der Waals surface area contributed by atoms with E-state index in [4.69, 9.17) is 0 Å². The van der Waals surface area contributed by atoms with Gasteiger partial charge in [-0.05, 0) is 94.0 Å². The number of aliphatic hydroxyl groups excluding tert-OH is 1. The van der Waals surface area contributed by atoms with Crippen LogP contribution in [-0.2, 0) is 0 Å². The van der Waals surface area contributed by atoms with Gasteiger partial charge in [0.2, 0.25) is 0 Å². The predicted octanol–water partition coefficient (Wildman–Crippen LogP) is 6.76. The van der Waals surface area contributed by atoms with Crippen LogP contribution in [0.25, 0.3) is 0 Å². The van der Waals surface area contributed by atoms with E-state index in [0.29, 0.717) is 23.2 Å². The zero-order valence-electron chi connectivity index (χ0n) is 20.0. The summed E-state index contributed by atoms with van der Waals surface area (Å²) in [6, 6.07) is 0. The largest absolute Gasteiger partial charge is 0.393 e. The molecule has 3 saturated carbocycles. The Balaban J connectivity index is 1.75. The van der Waals surface area contributed by atoms with Crippen LogP contribution in [0.1, 0.15) is 86.0 Å². The highest BCUT2D eigenvalue weighted by molar-refractivity contribution is 5.36. The molecule has 3 aliphatic rings. The number of fused-ring (bicyclic) bond motifs is 1. The first-order valence-electron chi connectivity index (χ1n) is 12.2. The maximum atomic E-state index is 10.3. The molecule has 0 aromatic heterocycles. The van der Waals surface area contributed by atoms with Gasteiger partial charge < -0.3 is 10.2 Å². The molecular weight excluding hydrogens is 368 g/mol. The lowest BCUT2D eigenvalue weighted by Crippen LogP contribution is -2.35. The minimum Gasteiger partial charge on any atom is -0.393 e. The molecule has 0 bridgehead atoms. The van der Waals surface area contributed by atoms with E-state index in [9.17, 15) is 10.2 Å². The molecule has 0 radical (unpaired) electrons. The Kier molecular flexibility index (Phi) is 7.19. The van der Waals surface area contributed by atoms with E-state index < -0.39 is 5.60 Å². The van der Waals surface area contributed by atoms with Crippen LogP contribution in [0, 0.1) is 29.1 Å². The number of rotatable bonds is 5. The fourth-order valence-electron chi connectivity index (χ4n) is 6.25. The van der Waals surface area contributed by atoms with Crippen LogP contribution in [0.5, 0.6) is 0 Å². The molecule has 0 aromatic rings. The van der Waals surface area contributed by atoms with E-state index in [1.165, 1.54) is 43.3 Å². The normalized spacial score (nSPS) is 37.7. The van der Waals surface area contributed by atoms with E-state index in [-0.39, 0.29) is 12.0 Å². The summed E-state index contributed by atoms with van der Waals surface area (Å²) in [5, 5.41) is 20.3. The van der Waals surface area contributed by atoms with Crippen molar-refractivity contribution in [3.05, 3.63) is 47.6 Å². The monoisotopic (exact) mass is 412 g/mol. The van der Waals surface area contributed by atoms with Gasteiger partial charge in [-0.25, -0.2) is 0 Å². The lowest BCUT2D eigenvalue weighted by Gasteiger charge is -2.44. The van der Waals surface area contributed by atoms with Crippen molar-refractivity contribution < 1.29 is 10.2 Å². The summed E-state index contributed by atoms with van der Waals surface area (Å²) in [5.41, 5.74) is 3.78. The molecule has 2 heteroatoms. The van der Waals surface area contributed by atoms with Crippen LogP contribution in [0.15, 0.2) is 47.6 Å². The van der Waals surface area contributed by atoms with Crippen LogP contribution in [0.4, 0.5) is 0 Å². The Bertz CT molecular complexity index is 719. The second-order valence-electron chi connectivity index (χ2n) is 11.2. The van der Waals surface area contributed by atoms with E-state index in [1.54, 1.807) is 5.57 Å². The average molecular weight is 413 g/mol. The fraction of sp³-hybridized carbons (Fsp3) is 0.714. The maximum Gasteiger partial charge on any atom is 0.0651 e. The first-order chi connectivity index (χ1) is 14.0. The third kappa shape index (κ3) is 5.02. The highest BCUT2D eigenvalue weighted by Crippen LogP contribution is 2.59. The first kappa shape index (κ1) is 23.5. The van der Waals surface area contributed by atoms with Crippen LogP contribution in [0.3, 0.4) is 0 Å². The SMILES string of the molecule is C=C1CC[C@H](O)C/C1=C\C=C1/CCC[C@@]2(C)C1CCC2[C@H](C)/C=C/[C@H](C)C(C)(C)O. The average Bonchev–Trinajstić information content (AvgIpc) is 3.03. The Morgan fingerprint density at radius 1 is 1.10 bits per heavy atom. The molecule has 0 aromatic carbocycles. The molecule has 2 N–H and O–H groups in total. The van der Waals surface area contributed by atoms with E-state index in [2.05, 4.69) is 51.7 Å². The third-order valence-corrected chi connectivity index (χ3v) is 8.68. The molecule has 0 heterocycles. The van der Waals surface area contributed by atoms with E-state index in [1.807, 2.05) is 13.8 Å². The summed E-state index contributed by atoms with van der Waals surface area (Å²) in [5.74, 6) is 2.08. The van der Waals surface area contributed by atoms with Gasteiger partial charge >= 0.3 is 0 Å². The van der Waals surface area contributed by atoms with Gasteiger partial charge in [-0.15, -0.1) is 0 Å². The summed E-state index contributed by atoms with van der Waals surface area (Å²) in [6.07, 6.45) is 18.0. The summed E-state index contributed by atoms with van der Waals surface area (Å²) >= 11 is 0. The third-order valence-electron chi connectivity index (χ3n) is 8.68. The van der Waals surface area contributed by atoms with Gasteiger partial charge in [-0.3, -0.25) is 0 Å². The van der Waals surface area contributed by atoms with Gasteiger partial charge in [0.1, 0.15) is 0 Å². The van der Waals surface area contributed by atoms with Gasteiger partial charge in [0.15, 0.2) is 0 Å². The van der Waals surface area contributed by atoms with Crippen molar-refractivity contribution in [2.75, 3.05) is 0 Å². The van der Waals surface area contributed by atoms with Crippen molar-refractivity contribution in [3.8, 4) is 0 Å². The predicted molar refractivity (Wildman–Crippen MR) is 127 cm³/mol. The molecule has 0 saturated heterocycles. The number of allylic oxidation sites excluding steroid dienone is 5. The Labute approximate surface area is 184 Å². The Morgan fingerprint density at radius 3 is 2.53 bits per heavy atom. The molecule has 0 spiro atoms. The second-order valence-corrected chi connectivity index (χ2v) is 11.2. The fourth-order valence-corrected chi connectivity index (χ4v) is 6.25. The minimum atomic E-state index is -0.663. The molecule has 3 rings (SSSR count). The van der Waals surface area contributed by atoms with Gasteiger partial charge in [-0.2, -0.15) is 0 Å². The van der Waals surface area contributed by atoms with Gasteiger partial charge in [0.25, 0.3) is 0 Å². The summed E-state index contributed by atoms with van der Waals surface area (Å²) < 4.78 is 0. The molecule has 2 unspecified atom stereocenters. The van der Waals surface area contributed by atoms with Crippen molar-refractivity contribution in [3.63, 3.8) is 0 Å². The molecule has 168 valence electrons. The van der Waals surface area contributed by atoms with Crippen molar-refractivity contribution in [1.29, 1.82) is 0 Å². The molecular formula is C28H44O2. The molecule has 3 aliphatic carbocycles. The lowest BCUT2D eigenvalue weighted by molar-refractivity contribution is 0.0436.